The molecule has 1 fully saturated rings. The van der Waals surface area contributed by atoms with E-state index in [9.17, 15) is 4.79 Å². The number of nitrogens with one attached hydrogen (secondary N) is 2. The minimum atomic E-state index is -0.0325. The minimum absolute atomic E-state index is 0.0325. The fourth-order valence-electron chi connectivity index (χ4n) is 2.06. The van der Waals surface area contributed by atoms with Crippen LogP contribution in [0.4, 0.5) is 5.69 Å². The van der Waals surface area contributed by atoms with Gasteiger partial charge in [-0.25, -0.2) is 0 Å². The summed E-state index contributed by atoms with van der Waals surface area (Å²) in [6.45, 7) is 3.62. The lowest BCUT2D eigenvalue weighted by atomic mass is 10.2. The molecule has 2 rings (SSSR count). The molecule has 1 aromatic carbocycles. The standard InChI is InChI=1S/C14H19ClN2O2/c1-10-4-5-11(15)7-13(10)16-9-14(18)17-8-12-3-2-6-19-12/h4-5,7,12,16H,2-3,6,8-9H2,1H3,(H,17,18). The molecule has 1 aliphatic heterocycles. The van der Waals surface area contributed by atoms with Crippen molar-refractivity contribution < 1.29 is 9.53 Å². The Kier molecular flexibility index (Phi) is 5.05. The van der Waals surface area contributed by atoms with E-state index in [1.54, 1.807) is 0 Å². The first-order valence-corrected chi connectivity index (χ1v) is 6.91. The summed E-state index contributed by atoms with van der Waals surface area (Å²) >= 11 is 5.92. The highest BCUT2D eigenvalue weighted by atomic mass is 35.5. The largest absolute Gasteiger partial charge is 0.376 e. The summed E-state index contributed by atoms with van der Waals surface area (Å²) in [5.41, 5.74) is 1.95. The maximum absolute atomic E-state index is 11.7. The van der Waals surface area contributed by atoms with Gasteiger partial charge in [-0.2, -0.15) is 0 Å². The Bertz CT molecular complexity index is 445. The Hall–Kier alpha value is -1.26. The molecule has 19 heavy (non-hydrogen) atoms. The lowest BCUT2D eigenvalue weighted by Crippen LogP contribution is -2.35. The van der Waals surface area contributed by atoms with E-state index in [0.717, 1.165) is 30.7 Å². The molecule has 0 bridgehead atoms. The number of benzene rings is 1. The van der Waals surface area contributed by atoms with E-state index in [1.165, 1.54) is 0 Å². The maximum Gasteiger partial charge on any atom is 0.239 e. The minimum Gasteiger partial charge on any atom is -0.376 e. The first-order valence-electron chi connectivity index (χ1n) is 6.53. The molecule has 1 amide bonds. The van der Waals surface area contributed by atoms with Crippen LogP contribution >= 0.6 is 11.6 Å². The summed E-state index contributed by atoms with van der Waals surface area (Å²) in [7, 11) is 0. The molecule has 0 saturated carbocycles. The quantitative estimate of drug-likeness (QED) is 0.872. The van der Waals surface area contributed by atoms with Gasteiger partial charge >= 0.3 is 0 Å². The molecule has 1 heterocycles. The van der Waals surface area contributed by atoms with Gasteiger partial charge in [-0.3, -0.25) is 4.79 Å². The predicted molar refractivity (Wildman–Crippen MR) is 76.7 cm³/mol. The number of halogens is 1. The molecule has 0 aromatic heterocycles. The number of amides is 1. The topological polar surface area (TPSA) is 50.4 Å². The van der Waals surface area contributed by atoms with Crippen LogP contribution in [0.15, 0.2) is 18.2 Å². The molecule has 104 valence electrons. The lowest BCUT2D eigenvalue weighted by molar-refractivity contribution is -0.119. The normalized spacial score (nSPS) is 18.3. The van der Waals surface area contributed by atoms with Crippen molar-refractivity contribution in [3.63, 3.8) is 0 Å². The molecule has 4 nitrogen and oxygen atoms in total. The molecule has 1 unspecified atom stereocenters. The zero-order valence-corrected chi connectivity index (χ0v) is 11.8. The van der Waals surface area contributed by atoms with E-state index in [4.69, 9.17) is 16.3 Å². The molecule has 1 saturated heterocycles. The first-order chi connectivity index (χ1) is 9.15. The van der Waals surface area contributed by atoms with Crippen LogP contribution in [0.1, 0.15) is 18.4 Å². The van der Waals surface area contributed by atoms with Gasteiger partial charge in [0.1, 0.15) is 0 Å². The van der Waals surface area contributed by atoms with Gasteiger partial charge in [-0.05, 0) is 37.5 Å². The molecule has 1 atom stereocenters. The van der Waals surface area contributed by atoms with Crippen LogP contribution in [-0.2, 0) is 9.53 Å². The third kappa shape index (κ3) is 4.40. The molecule has 1 aromatic rings. The zero-order chi connectivity index (χ0) is 13.7. The van der Waals surface area contributed by atoms with Crippen molar-refractivity contribution in [1.29, 1.82) is 0 Å². The average Bonchev–Trinajstić information content (AvgIpc) is 2.90. The number of carbonyl (C=O) groups excluding carboxylic acids is 1. The highest BCUT2D eigenvalue weighted by Crippen LogP contribution is 2.19. The summed E-state index contributed by atoms with van der Waals surface area (Å²) in [4.78, 5) is 11.7. The molecule has 5 heteroatoms. The van der Waals surface area contributed by atoms with Gasteiger partial charge < -0.3 is 15.4 Å². The second-order valence-electron chi connectivity index (χ2n) is 4.75. The van der Waals surface area contributed by atoms with Crippen molar-refractivity contribution in [3.8, 4) is 0 Å². The second-order valence-corrected chi connectivity index (χ2v) is 5.19. The third-order valence-corrected chi connectivity index (χ3v) is 3.43. The number of anilines is 1. The molecular weight excluding hydrogens is 264 g/mol. The number of hydrogen-bond donors (Lipinski definition) is 2. The van der Waals surface area contributed by atoms with Crippen LogP contribution in [0.5, 0.6) is 0 Å². The van der Waals surface area contributed by atoms with Crippen molar-refractivity contribution in [2.75, 3.05) is 25.0 Å². The second kappa shape index (κ2) is 6.78. The highest BCUT2D eigenvalue weighted by Gasteiger charge is 2.15. The molecule has 1 aliphatic rings. The molecule has 0 aliphatic carbocycles. The first kappa shape index (κ1) is 14.2. The molecule has 2 N–H and O–H groups in total. The zero-order valence-electron chi connectivity index (χ0n) is 11.0. The maximum atomic E-state index is 11.7. The number of aryl methyl sites for hydroxylation is 1. The van der Waals surface area contributed by atoms with E-state index < -0.39 is 0 Å². The van der Waals surface area contributed by atoms with E-state index in [2.05, 4.69) is 10.6 Å². The van der Waals surface area contributed by atoms with Crippen LogP contribution in [0.2, 0.25) is 5.02 Å². The fraction of sp³-hybridized carbons (Fsp3) is 0.500. The lowest BCUT2D eigenvalue weighted by Gasteiger charge is -2.12. The highest BCUT2D eigenvalue weighted by molar-refractivity contribution is 6.30. The van der Waals surface area contributed by atoms with Gasteiger partial charge in [0, 0.05) is 23.9 Å². The monoisotopic (exact) mass is 282 g/mol. The third-order valence-electron chi connectivity index (χ3n) is 3.19. The van der Waals surface area contributed by atoms with Crippen LogP contribution in [0.3, 0.4) is 0 Å². The number of hydrogen-bond acceptors (Lipinski definition) is 3. The molecule has 0 radical (unpaired) electrons. The van der Waals surface area contributed by atoms with Gasteiger partial charge in [-0.15, -0.1) is 0 Å². The fourth-order valence-corrected chi connectivity index (χ4v) is 2.23. The van der Waals surface area contributed by atoms with E-state index >= 15 is 0 Å². The average molecular weight is 283 g/mol. The van der Waals surface area contributed by atoms with Gasteiger partial charge in [0.05, 0.1) is 12.6 Å². The summed E-state index contributed by atoms with van der Waals surface area (Å²) in [5.74, 6) is -0.0325. The van der Waals surface area contributed by atoms with Crippen molar-refractivity contribution in [2.24, 2.45) is 0 Å². The smallest absolute Gasteiger partial charge is 0.239 e. The van der Waals surface area contributed by atoms with Gasteiger partial charge in [0.2, 0.25) is 5.91 Å². The number of ether oxygens (including phenoxy) is 1. The SMILES string of the molecule is Cc1ccc(Cl)cc1NCC(=O)NCC1CCCO1. The summed E-state index contributed by atoms with van der Waals surface area (Å²) in [6, 6.07) is 5.58. The number of carbonyl (C=O) groups is 1. The van der Waals surface area contributed by atoms with E-state index in [0.29, 0.717) is 11.6 Å². The Balaban J connectivity index is 1.74. The summed E-state index contributed by atoms with van der Waals surface area (Å²) in [5, 5.41) is 6.62. The Morgan fingerprint density at radius 2 is 2.37 bits per heavy atom. The Labute approximate surface area is 118 Å². The summed E-state index contributed by atoms with van der Waals surface area (Å²) in [6.07, 6.45) is 2.29. The summed E-state index contributed by atoms with van der Waals surface area (Å²) < 4.78 is 5.45. The van der Waals surface area contributed by atoms with Crippen molar-refractivity contribution >= 4 is 23.2 Å². The van der Waals surface area contributed by atoms with Crippen LogP contribution < -0.4 is 10.6 Å². The van der Waals surface area contributed by atoms with E-state index in [1.807, 2.05) is 25.1 Å². The van der Waals surface area contributed by atoms with Crippen molar-refractivity contribution in [1.82, 2.24) is 5.32 Å². The molecule has 0 spiro atoms. The van der Waals surface area contributed by atoms with Crippen molar-refractivity contribution in [2.45, 2.75) is 25.9 Å². The van der Waals surface area contributed by atoms with Crippen LogP contribution in [0, 0.1) is 6.92 Å². The van der Waals surface area contributed by atoms with Crippen LogP contribution in [0.25, 0.3) is 0 Å². The predicted octanol–water partition coefficient (Wildman–Crippen LogP) is 2.36. The Morgan fingerprint density at radius 3 is 3.11 bits per heavy atom. The van der Waals surface area contributed by atoms with Crippen molar-refractivity contribution in [3.05, 3.63) is 28.8 Å². The van der Waals surface area contributed by atoms with Gasteiger partial charge in [0.25, 0.3) is 0 Å². The van der Waals surface area contributed by atoms with Gasteiger partial charge in [0.15, 0.2) is 0 Å². The van der Waals surface area contributed by atoms with E-state index in [-0.39, 0.29) is 18.6 Å². The van der Waals surface area contributed by atoms with Crippen LogP contribution in [-0.4, -0.2) is 31.7 Å². The molecular formula is C14H19ClN2O2. The Morgan fingerprint density at radius 1 is 1.53 bits per heavy atom. The number of rotatable bonds is 5. The van der Waals surface area contributed by atoms with Gasteiger partial charge in [-0.1, -0.05) is 17.7 Å².